The molecule has 0 spiro atoms. The van der Waals surface area contributed by atoms with Gasteiger partial charge in [0, 0.05) is 12.8 Å². The van der Waals surface area contributed by atoms with Crippen molar-refractivity contribution in [2.24, 2.45) is 0 Å². The fraction of sp³-hybridized carbons (Fsp3) is 0.592. The first kappa shape index (κ1) is 58.5. The van der Waals surface area contributed by atoms with Crippen molar-refractivity contribution < 1.29 is 68.2 Å². The third kappa shape index (κ3) is 29.8. The molecule has 362 valence electrons. The van der Waals surface area contributed by atoms with E-state index in [0.717, 1.165) is 77.0 Å². The Kier molecular flexibility index (Phi) is 34.4. The number of phosphoric ester groups is 1. The minimum atomic E-state index is -5.17. The minimum absolute atomic E-state index is 0.0330. The molecular weight excluding hydrogens is 843 g/mol. The molecule has 15 heteroatoms. The number of ether oxygens (including phenoxy) is 2. The molecule has 0 aromatic rings. The maximum Gasteiger partial charge on any atom is 0.472 e. The first-order valence-corrected chi connectivity index (χ1v) is 24.3. The molecule has 0 bridgehead atoms. The molecular formula is C49H77O14P. The summed E-state index contributed by atoms with van der Waals surface area (Å²) in [7, 11) is -5.17. The summed E-state index contributed by atoms with van der Waals surface area (Å²) in [5, 5.41) is 60.4. The highest BCUT2D eigenvalue weighted by Gasteiger charge is 2.51. The smallest absolute Gasteiger partial charge is 0.462 e. The Labute approximate surface area is 381 Å². The molecule has 1 saturated carbocycles. The van der Waals surface area contributed by atoms with Crippen molar-refractivity contribution in [1.82, 2.24) is 0 Å². The van der Waals surface area contributed by atoms with Crippen LogP contribution in [0.3, 0.4) is 0 Å². The molecule has 0 radical (unpaired) electrons. The number of carbonyl (C=O) groups excluding carboxylic acids is 2. The quantitative estimate of drug-likeness (QED) is 0.0106. The molecule has 0 heterocycles. The molecule has 7 N–H and O–H groups in total. The third-order valence-electron chi connectivity index (χ3n) is 9.70. The molecule has 0 aromatic carbocycles. The van der Waals surface area contributed by atoms with Crippen molar-refractivity contribution in [1.29, 1.82) is 0 Å². The summed E-state index contributed by atoms with van der Waals surface area (Å²) in [6, 6.07) is 0. The van der Waals surface area contributed by atoms with E-state index in [1.807, 2.05) is 12.2 Å². The van der Waals surface area contributed by atoms with Crippen LogP contribution in [0.4, 0.5) is 0 Å². The summed E-state index contributed by atoms with van der Waals surface area (Å²) in [5.74, 6) is -1.31. The zero-order valence-corrected chi connectivity index (χ0v) is 38.8. The Balaban J connectivity index is 2.58. The van der Waals surface area contributed by atoms with Crippen molar-refractivity contribution in [3.05, 3.63) is 109 Å². The maximum absolute atomic E-state index is 12.8. The van der Waals surface area contributed by atoms with Gasteiger partial charge in [0.15, 0.2) is 6.10 Å². The predicted octanol–water partition coefficient (Wildman–Crippen LogP) is 7.80. The molecule has 1 aliphatic carbocycles. The summed E-state index contributed by atoms with van der Waals surface area (Å²) in [5.41, 5.74) is 0. The fourth-order valence-corrected chi connectivity index (χ4v) is 7.03. The lowest BCUT2D eigenvalue weighted by atomic mass is 9.85. The normalized spacial score (nSPS) is 23.1. The Morgan fingerprint density at radius 3 is 1.66 bits per heavy atom. The first-order valence-electron chi connectivity index (χ1n) is 22.8. The van der Waals surface area contributed by atoms with Crippen LogP contribution in [-0.4, -0.2) is 110 Å². The van der Waals surface area contributed by atoms with E-state index in [1.54, 1.807) is 24.3 Å². The number of rotatable bonds is 35. The van der Waals surface area contributed by atoms with Crippen LogP contribution >= 0.6 is 7.82 Å². The summed E-state index contributed by atoms with van der Waals surface area (Å²) < 4.78 is 33.3. The lowest BCUT2D eigenvalue weighted by Crippen LogP contribution is -2.64. The predicted molar refractivity (Wildman–Crippen MR) is 250 cm³/mol. The number of unbranched alkanes of at least 4 members (excludes halogenated alkanes) is 5. The van der Waals surface area contributed by atoms with Crippen LogP contribution in [0, 0.1) is 0 Å². The van der Waals surface area contributed by atoms with E-state index in [9.17, 15) is 49.7 Å². The number of aliphatic hydroxyl groups excluding tert-OH is 6. The Hall–Kier alpha value is -3.53. The van der Waals surface area contributed by atoms with Crippen molar-refractivity contribution in [3.63, 3.8) is 0 Å². The number of allylic oxidation sites excluding steroid dienone is 16. The lowest BCUT2D eigenvalue weighted by Gasteiger charge is -2.41. The summed E-state index contributed by atoms with van der Waals surface area (Å²) in [6.07, 6.45) is 34.5. The van der Waals surface area contributed by atoms with Gasteiger partial charge in [0.05, 0.1) is 12.7 Å². The molecule has 1 aliphatic rings. The molecule has 0 saturated heterocycles. The fourth-order valence-electron chi connectivity index (χ4n) is 6.06. The van der Waals surface area contributed by atoms with E-state index in [0.29, 0.717) is 12.8 Å². The highest BCUT2D eigenvalue weighted by Crippen LogP contribution is 2.47. The molecule has 14 nitrogen and oxygen atoms in total. The zero-order chi connectivity index (χ0) is 47.3. The van der Waals surface area contributed by atoms with E-state index in [2.05, 4.69) is 86.8 Å². The molecule has 9 atom stereocenters. The van der Waals surface area contributed by atoms with Gasteiger partial charge in [0.1, 0.15) is 43.2 Å². The molecule has 64 heavy (non-hydrogen) atoms. The van der Waals surface area contributed by atoms with Gasteiger partial charge in [-0.25, -0.2) is 4.57 Å². The van der Waals surface area contributed by atoms with Gasteiger partial charge >= 0.3 is 19.8 Å². The second-order valence-electron chi connectivity index (χ2n) is 15.3. The van der Waals surface area contributed by atoms with Gasteiger partial charge in [-0.2, -0.15) is 0 Å². The van der Waals surface area contributed by atoms with Crippen molar-refractivity contribution in [3.8, 4) is 0 Å². The second kappa shape index (κ2) is 37.7. The van der Waals surface area contributed by atoms with Gasteiger partial charge < -0.3 is 45.0 Å². The van der Waals surface area contributed by atoms with Crippen LogP contribution < -0.4 is 0 Å². The topological polar surface area (TPSA) is 230 Å². The SMILES string of the molecule is CC/C=C\C/C=C\C/C=C\C/C=C\C=C/C(O)C/C=C\CCC(=O)OC[C@H](COP(=O)(O)OC1[C@H](O)[C@H](O)C(O)[C@H](O)[C@H]1O)OC(=O)CCCCCCC/C=C\C/C=C\C/C=C\CC. The number of hydrogen-bond acceptors (Lipinski definition) is 13. The Morgan fingerprint density at radius 2 is 1.06 bits per heavy atom. The van der Waals surface area contributed by atoms with Gasteiger partial charge in [-0.15, -0.1) is 0 Å². The van der Waals surface area contributed by atoms with E-state index in [-0.39, 0.29) is 19.3 Å². The van der Waals surface area contributed by atoms with E-state index in [4.69, 9.17) is 18.5 Å². The Morgan fingerprint density at radius 1 is 0.562 bits per heavy atom. The number of carbonyl (C=O) groups is 2. The van der Waals surface area contributed by atoms with Gasteiger partial charge in [-0.05, 0) is 77.0 Å². The summed E-state index contributed by atoms with van der Waals surface area (Å²) in [4.78, 5) is 35.7. The average molecular weight is 921 g/mol. The van der Waals surface area contributed by atoms with E-state index < -0.39 is 81.8 Å². The molecule has 0 aliphatic heterocycles. The van der Waals surface area contributed by atoms with Gasteiger partial charge in [-0.3, -0.25) is 18.6 Å². The highest BCUT2D eigenvalue weighted by atomic mass is 31.2. The van der Waals surface area contributed by atoms with E-state index in [1.165, 1.54) is 0 Å². The summed E-state index contributed by atoms with van der Waals surface area (Å²) >= 11 is 0. The largest absolute Gasteiger partial charge is 0.472 e. The van der Waals surface area contributed by atoms with Crippen molar-refractivity contribution >= 4 is 19.8 Å². The highest BCUT2D eigenvalue weighted by molar-refractivity contribution is 7.47. The molecule has 1 rings (SSSR count). The van der Waals surface area contributed by atoms with Crippen LogP contribution in [0.25, 0.3) is 0 Å². The number of phosphoric acid groups is 1. The summed E-state index contributed by atoms with van der Waals surface area (Å²) in [6.45, 7) is 2.88. The maximum atomic E-state index is 12.8. The number of hydrogen-bond donors (Lipinski definition) is 7. The zero-order valence-electron chi connectivity index (χ0n) is 37.9. The van der Waals surface area contributed by atoms with Gasteiger partial charge in [0.25, 0.3) is 0 Å². The van der Waals surface area contributed by atoms with Crippen LogP contribution in [0.2, 0.25) is 0 Å². The first-order chi connectivity index (χ1) is 30.8. The van der Waals surface area contributed by atoms with Crippen LogP contribution in [-0.2, 0) is 32.7 Å². The lowest BCUT2D eigenvalue weighted by molar-refractivity contribution is -0.220. The molecule has 4 unspecified atom stereocenters. The number of esters is 2. The second-order valence-corrected chi connectivity index (χ2v) is 16.7. The van der Waals surface area contributed by atoms with E-state index >= 15 is 0 Å². The Bertz CT molecular complexity index is 1550. The van der Waals surface area contributed by atoms with Gasteiger partial charge in [0.2, 0.25) is 0 Å². The van der Waals surface area contributed by atoms with Crippen molar-refractivity contribution in [2.75, 3.05) is 13.2 Å². The van der Waals surface area contributed by atoms with Crippen LogP contribution in [0.15, 0.2) is 109 Å². The van der Waals surface area contributed by atoms with Crippen molar-refractivity contribution in [2.45, 2.75) is 172 Å². The standard InChI is InChI=1S/C49H77O14P/c1-3-5-7-9-11-13-15-17-18-20-22-24-26-28-32-37-43(52)62-41(39-61-64(58,59)63-49-47(56)45(54)44(53)46(55)48(49)57)38-60-42(51)36-33-29-31-35-40(50)34-30-27-25-23-21-19-16-14-12-10-8-6-4-2/h5-8,11-14,17-19,21,25,27,29-31,34,40-41,44-50,53-57H,3-4,9-10,15-16,20,22-24,26,28,32-33,35-39H2,1-2H3,(H,58,59)/b7-5-,8-6-,13-11-,14-12-,18-17-,21-19-,27-25-,31-29-,34-30-/t40?,41-,44?,45-,46+,47-,48-,49?/m1/s1. The molecule has 0 aromatic heterocycles. The third-order valence-corrected chi connectivity index (χ3v) is 10.7. The average Bonchev–Trinajstić information content (AvgIpc) is 3.27. The van der Waals surface area contributed by atoms with Crippen LogP contribution in [0.1, 0.15) is 123 Å². The monoisotopic (exact) mass is 921 g/mol. The molecule has 0 amide bonds. The minimum Gasteiger partial charge on any atom is -0.462 e. The number of aliphatic hydroxyl groups is 6. The van der Waals surface area contributed by atoms with Crippen LogP contribution in [0.5, 0.6) is 0 Å². The molecule has 1 fully saturated rings. The van der Waals surface area contributed by atoms with Gasteiger partial charge in [-0.1, -0.05) is 142 Å².